The van der Waals surface area contributed by atoms with Crippen LogP contribution >= 0.6 is 0 Å². The molecule has 1 aliphatic rings. The predicted molar refractivity (Wildman–Crippen MR) is 152 cm³/mol. The molecule has 1 aromatic rings. The molecule has 3 N–H and O–H groups in total. The summed E-state index contributed by atoms with van der Waals surface area (Å²) >= 11 is 0. The topological polar surface area (TPSA) is 170 Å². The number of nitrogens with two attached hydrogens (primary N) is 1. The van der Waals surface area contributed by atoms with E-state index < -0.39 is 59.6 Å². The van der Waals surface area contributed by atoms with E-state index in [0.717, 1.165) is 32.1 Å². The molecular formula is C30H45NO11. The Morgan fingerprint density at radius 2 is 1.36 bits per heavy atom. The zero-order valence-electron chi connectivity index (χ0n) is 25.8. The number of carbonyl (C=O) groups is 4. The molecule has 3 unspecified atom stereocenters. The molecule has 0 heterocycles. The van der Waals surface area contributed by atoms with Gasteiger partial charge in [-0.05, 0) is 91.8 Å². The molecule has 1 saturated carbocycles. The van der Waals surface area contributed by atoms with Crippen LogP contribution < -0.4 is 15.2 Å². The quantitative estimate of drug-likeness (QED) is 0.185. The van der Waals surface area contributed by atoms with Gasteiger partial charge in [-0.25, -0.2) is 14.4 Å². The van der Waals surface area contributed by atoms with Crippen molar-refractivity contribution >= 4 is 24.4 Å². The lowest BCUT2D eigenvalue weighted by Gasteiger charge is -2.32. The minimum absolute atomic E-state index is 0.172. The van der Waals surface area contributed by atoms with Gasteiger partial charge in [0.2, 0.25) is 0 Å². The van der Waals surface area contributed by atoms with Crippen LogP contribution in [0, 0.1) is 5.92 Å². The first-order chi connectivity index (χ1) is 19.4. The fourth-order valence-electron chi connectivity index (χ4n) is 4.51. The van der Waals surface area contributed by atoms with Crippen molar-refractivity contribution in [3.8, 4) is 11.5 Å². The molecular weight excluding hydrogens is 550 g/mol. The van der Waals surface area contributed by atoms with E-state index in [2.05, 4.69) is 0 Å². The maximum absolute atomic E-state index is 12.5. The Labute approximate surface area is 247 Å². The van der Waals surface area contributed by atoms with E-state index >= 15 is 0 Å². The molecule has 0 saturated heterocycles. The molecule has 1 fully saturated rings. The van der Waals surface area contributed by atoms with Crippen LogP contribution in [0.5, 0.6) is 11.5 Å². The van der Waals surface area contributed by atoms with E-state index in [1.54, 1.807) is 55.4 Å². The van der Waals surface area contributed by atoms with Gasteiger partial charge in [0.05, 0.1) is 0 Å². The zero-order chi connectivity index (χ0) is 31.8. The Balaban J connectivity index is 2.39. The number of rotatable bonds is 9. The smallest absolute Gasteiger partial charge is 0.480 e. The van der Waals surface area contributed by atoms with E-state index in [0.29, 0.717) is 5.56 Å². The monoisotopic (exact) mass is 595 g/mol. The molecule has 0 bridgehead atoms. The summed E-state index contributed by atoms with van der Waals surface area (Å²) in [6, 6.07) is 2.71. The minimum Gasteiger partial charge on any atom is -0.480 e. The van der Waals surface area contributed by atoms with Crippen LogP contribution in [0.4, 0.5) is 14.4 Å². The molecule has 0 spiro atoms. The molecule has 4 atom stereocenters. The summed E-state index contributed by atoms with van der Waals surface area (Å²) in [4.78, 5) is 49.5. The molecule has 12 heteroatoms. The van der Waals surface area contributed by atoms with Gasteiger partial charge >= 0.3 is 24.4 Å². The molecule has 236 valence electrons. The van der Waals surface area contributed by atoms with Gasteiger partial charge in [0, 0.05) is 11.8 Å². The summed E-state index contributed by atoms with van der Waals surface area (Å²) in [5.74, 6) is -3.27. The highest BCUT2D eigenvalue weighted by Crippen LogP contribution is 2.38. The summed E-state index contributed by atoms with van der Waals surface area (Å²) < 4.78 is 32.1. The fraction of sp³-hybridized carbons (Fsp3) is 0.667. The van der Waals surface area contributed by atoms with Crippen molar-refractivity contribution < 1.29 is 52.7 Å². The van der Waals surface area contributed by atoms with Crippen LogP contribution in [-0.2, 0) is 23.7 Å². The molecule has 1 aliphatic carbocycles. The maximum atomic E-state index is 12.5. The third-order valence-corrected chi connectivity index (χ3v) is 6.59. The van der Waals surface area contributed by atoms with E-state index in [4.69, 9.17) is 34.2 Å². The Bertz CT molecular complexity index is 1100. The van der Waals surface area contributed by atoms with E-state index in [1.165, 1.54) is 18.2 Å². The van der Waals surface area contributed by atoms with Crippen molar-refractivity contribution in [3.63, 3.8) is 0 Å². The van der Waals surface area contributed by atoms with Crippen LogP contribution in [0.15, 0.2) is 18.2 Å². The fourth-order valence-corrected chi connectivity index (χ4v) is 4.51. The lowest BCUT2D eigenvalue weighted by atomic mass is 9.79. The Hall–Kier alpha value is -3.54. The first-order valence-corrected chi connectivity index (χ1v) is 14.2. The zero-order valence-corrected chi connectivity index (χ0v) is 25.8. The van der Waals surface area contributed by atoms with Gasteiger partial charge in [-0.2, -0.15) is 0 Å². The van der Waals surface area contributed by atoms with E-state index in [-0.39, 0.29) is 17.6 Å². The first kappa shape index (κ1) is 34.7. The Morgan fingerprint density at radius 3 is 1.86 bits per heavy atom. The van der Waals surface area contributed by atoms with Gasteiger partial charge in [0.15, 0.2) is 11.5 Å². The summed E-state index contributed by atoms with van der Waals surface area (Å²) in [5, 5.41) is 9.82. The molecule has 0 aliphatic heterocycles. The van der Waals surface area contributed by atoms with Gasteiger partial charge in [-0.1, -0.05) is 19.4 Å². The molecule has 2 rings (SSSR count). The van der Waals surface area contributed by atoms with E-state index in [1.807, 2.05) is 0 Å². The normalized spacial score (nSPS) is 17.2. The molecule has 0 amide bonds. The number of carbonyl (C=O) groups excluding carboxylic acids is 3. The number of hydrogen-bond donors (Lipinski definition) is 2. The predicted octanol–water partition coefficient (Wildman–Crippen LogP) is 6.32. The third-order valence-electron chi connectivity index (χ3n) is 6.59. The van der Waals surface area contributed by atoms with Crippen LogP contribution in [0.25, 0.3) is 0 Å². The highest BCUT2D eigenvalue weighted by atomic mass is 16.8. The molecule has 1 aromatic carbocycles. The Kier molecular flexibility index (Phi) is 12.0. The summed E-state index contributed by atoms with van der Waals surface area (Å²) in [5.41, 5.74) is 4.71. The SMILES string of the molecule is CC(OC(=O)OC1CCCCC1)C(C)C(c1ccc(OC(=O)OC(C)(C)C)c(OC(=O)OC(C)(C)C)c1)[C@H](N)C(=O)O. The Morgan fingerprint density at radius 1 is 0.833 bits per heavy atom. The summed E-state index contributed by atoms with van der Waals surface area (Å²) in [6.45, 7) is 13.2. The molecule has 0 radical (unpaired) electrons. The lowest BCUT2D eigenvalue weighted by Crippen LogP contribution is -2.43. The third kappa shape index (κ3) is 11.4. The number of carboxylic acids is 1. The van der Waals surface area contributed by atoms with Gasteiger partial charge in [-0.15, -0.1) is 0 Å². The number of benzene rings is 1. The largest absolute Gasteiger partial charge is 0.514 e. The van der Waals surface area contributed by atoms with Gasteiger partial charge in [0.25, 0.3) is 0 Å². The second-order valence-electron chi connectivity index (χ2n) is 12.5. The van der Waals surface area contributed by atoms with Crippen LogP contribution in [-0.4, -0.2) is 59.0 Å². The average molecular weight is 596 g/mol. The van der Waals surface area contributed by atoms with Crippen LogP contribution in [0.2, 0.25) is 0 Å². The summed E-state index contributed by atoms with van der Waals surface area (Å²) in [6.07, 6.45) is 0.602. The molecule has 12 nitrogen and oxygen atoms in total. The molecule has 42 heavy (non-hydrogen) atoms. The van der Waals surface area contributed by atoms with Gasteiger partial charge < -0.3 is 39.3 Å². The van der Waals surface area contributed by atoms with E-state index in [9.17, 15) is 24.3 Å². The van der Waals surface area contributed by atoms with Crippen molar-refractivity contribution in [2.75, 3.05) is 0 Å². The number of ether oxygens (including phenoxy) is 6. The lowest BCUT2D eigenvalue weighted by molar-refractivity contribution is -0.139. The standard InChI is InChI=1S/C30H45NO11/c1-17(18(2)37-26(34)38-20-12-10-9-11-13-20)23(24(31)25(32)33)19-14-15-21(39-27(35)41-29(3,4)5)22(16-19)40-28(36)42-30(6,7)8/h14-18,20,23-24H,9-13,31H2,1-8H3,(H,32,33)/t17?,18?,23?,24-/m0/s1. The molecule has 0 aromatic heterocycles. The summed E-state index contributed by atoms with van der Waals surface area (Å²) in [7, 11) is 0. The number of aliphatic carboxylic acids is 1. The van der Waals surface area contributed by atoms with Gasteiger partial charge in [-0.3, -0.25) is 4.79 Å². The van der Waals surface area contributed by atoms with Crippen molar-refractivity contribution in [2.24, 2.45) is 11.7 Å². The second kappa shape index (κ2) is 14.6. The number of carboxylic acid groups (broad SMARTS) is 1. The van der Waals surface area contributed by atoms with Crippen LogP contribution in [0.1, 0.15) is 99.0 Å². The maximum Gasteiger partial charge on any atom is 0.514 e. The average Bonchev–Trinajstić information content (AvgIpc) is 2.83. The van der Waals surface area contributed by atoms with Crippen molar-refractivity contribution in [2.45, 2.75) is 123 Å². The van der Waals surface area contributed by atoms with Crippen molar-refractivity contribution in [1.29, 1.82) is 0 Å². The first-order valence-electron chi connectivity index (χ1n) is 14.2. The second-order valence-corrected chi connectivity index (χ2v) is 12.5. The van der Waals surface area contributed by atoms with Crippen LogP contribution in [0.3, 0.4) is 0 Å². The minimum atomic E-state index is -1.44. The van der Waals surface area contributed by atoms with Crippen molar-refractivity contribution in [3.05, 3.63) is 23.8 Å². The highest BCUT2D eigenvalue weighted by molar-refractivity contribution is 5.75. The van der Waals surface area contributed by atoms with Gasteiger partial charge in [0.1, 0.15) is 29.5 Å². The highest BCUT2D eigenvalue weighted by Gasteiger charge is 2.36. The van der Waals surface area contributed by atoms with Crippen molar-refractivity contribution in [1.82, 2.24) is 0 Å². The number of hydrogen-bond acceptors (Lipinski definition) is 11.